The fourth-order valence-corrected chi connectivity index (χ4v) is 2.54. The molecule has 0 aromatic heterocycles. The molecule has 0 spiro atoms. The van der Waals surface area contributed by atoms with Gasteiger partial charge < -0.3 is 5.11 Å². The van der Waals surface area contributed by atoms with Crippen LogP contribution in [0.15, 0.2) is 46.9 Å². The molecule has 100 valence electrons. The van der Waals surface area contributed by atoms with E-state index in [0.29, 0.717) is 6.42 Å². The minimum Gasteiger partial charge on any atom is -0.385 e. The molecule has 0 radical (unpaired) electrons. The maximum absolute atomic E-state index is 10.7. The Balaban J connectivity index is 2.30. The molecule has 0 saturated carbocycles. The van der Waals surface area contributed by atoms with E-state index in [-0.39, 0.29) is 0 Å². The Kier molecular flexibility index (Phi) is 4.12. The van der Waals surface area contributed by atoms with E-state index in [0.717, 1.165) is 10.0 Å². The van der Waals surface area contributed by atoms with Crippen LogP contribution in [0.5, 0.6) is 0 Å². The molecular formula is C17H19BrO. The number of aryl methyl sites for hydroxylation is 2. The van der Waals surface area contributed by atoms with Crippen LogP contribution >= 0.6 is 15.9 Å². The second-order valence-corrected chi connectivity index (χ2v) is 6.30. The molecule has 0 aliphatic carbocycles. The molecule has 1 nitrogen and oxygen atoms in total. The van der Waals surface area contributed by atoms with Crippen LogP contribution < -0.4 is 0 Å². The van der Waals surface area contributed by atoms with Crippen molar-refractivity contribution in [2.45, 2.75) is 32.8 Å². The van der Waals surface area contributed by atoms with Crippen molar-refractivity contribution in [3.05, 3.63) is 69.2 Å². The summed E-state index contributed by atoms with van der Waals surface area (Å²) in [6.45, 7) is 6.04. The minimum atomic E-state index is -0.848. The molecule has 0 bridgehead atoms. The molecule has 0 amide bonds. The van der Waals surface area contributed by atoms with Crippen molar-refractivity contribution in [3.8, 4) is 0 Å². The molecule has 0 aliphatic rings. The lowest BCUT2D eigenvalue weighted by Gasteiger charge is -2.25. The Morgan fingerprint density at radius 1 is 1.05 bits per heavy atom. The molecule has 2 rings (SSSR count). The molecule has 0 saturated heterocycles. The van der Waals surface area contributed by atoms with Crippen molar-refractivity contribution in [2.24, 2.45) is 0 Å². The van der Waals surface area contributed by atoms with E-state index in [2.05, 4.69) is 48.0 Å². The zero-order chi connectivity index (χ0) is 14.0. The molecular weight excluding hydrogens is 300 g/mol. The largest absolute Gasteiger partial charge is 0.385 e. The Morgan fingerprint density at radius 3 is 2.32 bits per heavy atom. The second kappa shape index (κ2) is 5.48. The van der Waals surface area contributed by atoms with Crippen LogP contribution in [0.25, 0.3) is 0 Å². The number of hydrogen-bond acceptors (Lipinski definition) is 1. The molecule has 1 unspecified atom stereocenters. The summed E-state index contributed by atoms with van der Waals surface area (Å²) in [6, 6.07) is 14.2. The zero-order valence-corrected chi connectivity index (χ0v) is 13.2. The topological polar surface area (TPSA) is 20.2 Å². The van der Waals surface area contributed by atoms with Gasteiger partial charge in [-0.15, -0.1) is 0 Å². The lowest BCUT2D eigenvalue weighted by atomic mass is 9.87. The molecule has 0 fully saturated rings. The summed E-state index contributed by atoms with van der Waals surface area (Å²) < 4.78 is 1.03. The highest BCUT2D eigenvalue weighted by Gasteiger charge is 2.24. The highest BCUT2D eigenvalue weighted by atomic mass is 79.9. The van der Waals surface area contributed by atoms with Gasteiger partial charge in [0.15, 0.2) is 0 Å². The second-order valence-electron chi connectivity index (χ2n) is 5.39. The Hall–Kier alpha value is -1.12. The molecule has 0 aliphatic heterocycles. The molecule has 0 heterocycles. The van der Waals surface area contributed by atoms with Crippen LogP contribution in [-0.2, 0) is 12.0 Å². The molecule has 19 heavy (non-hydrogen) atoms. The molecule has 1 atom stereocenters. The highest BCUT2D eigenvalue weighted by molar-refractivity contribution is 9.10. The first kappa shape index (κ1) is 14.3. The first-order chi connectivity index (χ1) is 8.88. The number of halogens is 1. The summed E-state index contributed by atoms with van der Waals surface area (Å²) in [4.78, 5) is 0. The predicted molar refractivity (Wildman–Crippen MR) is 83.3 cm³/mol. The van der Waals surface area contributed by atoms with E-state index in [9.17, 15) is 5.11 Å². The molecule has 2 aromatic carbocycles. The quantitative estimate of drug-likeness (QED) is 0.882. The van der Waals surface area contributed by atoms with E-state index in [1.54, 1.807) is 0 Å². The van der Waals surface area contributed by atoms with E-state index in [4.69, 9.17) is 0 Å². The van der Waals surface area contributed by atoms with Crippen LogP contribution in [0.4, 0.5) is 0 Å². The van der Waals surface area contributed by atoms with Crippen LogP contribution in [0.1, 0.15) is 29.2 Å². The summed E-state index contributed by atoms with van der Waals surface area (Å²) in [7, 11) is 0. The first-order valence-electron chi connectivity index (χ1n) is 6.43. The van der Waals surface area contributed by atoms with Crippen molar-refractivity contribution in [2.75, 3.05) is 0 Å². The van der Waals surface area contributed by atoms with Gasteiger partial charge in [0.05, 0.1) is 5.60 Å². The Bertz CT molecular complexity index is 570. The number of aliphatic hydroxyl groups is 1. The number of rotatable bonds is 3. The minimum absolute atomic E-state index is 0.627. The summed E-state index contributed by atoms with van der Waals surface area (Å²) >= 11 is 3.42. The van der Waals surface area contributed by atoms with Crippen molar-refractivity contribution in [1.29, 1.82) is 0 Å². The van der Waals surface area contributed by atoms with Crippen LogP contribution in [-0.4, -0.2) is 5.11 Å². The van der Waals surface area contributed by atoms with Gasteiger partial charge in [-0.05, 0) is 49.6 Å². The lowest BCUT2D eigenvalue weighted by molar-refractivity contribution is 0.0574. The van der Waals surface area contributed by atoms with Crippen LogP contribution in [0.3, 0.4) is 0 Å². The number of hydrogen-bond donors (Lipinski definition) is 1. The normalized spacial score (nSPS) is 14.2. The fourth-order valence-electron chi connectivity index (χ4n) is 2.27. The highest BCUT2D eigenvalue weighted by Crippen LogP contribution is 2.28. The zero-order valence-electron chi connectivity index (χ0n) is 11.6. The standard InChI is InChI=1S/C17H19BrO/c1-12-4-5-13(2)14(10-12)11-17(3,19)15-6-8-16(18)9-7-15/h4-10,19H,11H2,1-3H3. The van der Waals surface area contributed by atoms with Gasteiger partial charge in [-0.25, -0.2) is 0 Å². The van der Waals surface area contributed by atoms with Crippen molar-refractivity contribution in [1.82, 2.24) is 0 Å². The van der Waals surface area contributed by atoms with Gasteiger partial charge in [0.2, 0.25) is 0 Å². The molecule has 2 heteroatoms. The van der Waals surface area contributed by atoms with Crippen molar-refractivity contribution < 1.29 is 5.11 Å². The van der Waals surface area contributed by atoms with E-state index >= 15 is 0 Å². The van der Waals surface area contributed by atoms with Crippen LogP contribution in [0.2, 0.25) is 0 Å². The third-order valence-corrected chi connectivity index (χ3v) is 4.03. The smallest absolute Gasteiger partial charge is 0.0908 e. The third-order valence-electron chi connectivity index (χ3n) is 3.51. The van der Waals surface area contributed by atoms with Gasteiger partial charge in [0, 0.05) is 10.9 Å². The maximum atomic E-state index is 10.7. The van der Waals surface area contributed by atoms with Gasteiger partial charge in [-0.3, -0.25) is 0 Å². The molecule has 2 aromatic rings. The SMILES string of the molecule is Cc1ccc(C)c(CC(C)(O)c2ccc(Br)cc2)c1. The lowest BCUT2D eigenvalue weighted by Crippen LogP contribution is -2.24. The van der Waals surface area contributed by atoms with Crippen molar-refractivity contribution >= 4 is 15.9 Å². The Morgan fingerprint density at radius 2 is 1.68 bits per heavy atom. The summed E-state index contributed by atoms with van der Waals surface area (Å²) in [6.07, 6.45) is 0.627. The average molecular weight is 319 g/mol. The van der Waals surface area contributed by atoms with Gasteiger partial charge in [-0.2, -0.15) is 0 Å². The van der Waals surface area contributed by atoms with Gasteiger partial charge in [0.25, 0.3) is 0 Å². The Labute approximate surface area is 123 Å². The molecule has 1 N–H and O–H groups in total. The monoisotopic (exact) mass is 318 g/mol. The van der Waals surface area contributed by atoms with E-state index < -0.39 is 5.60 Å². The summed E-state index contributed by atoms with van der Waals surface area (Å²) in [5, 5.41) is 10.7. The summed E-state index contributed by atoms with van der Waals surface area (Å²) in [5.74, 6) is 0. The van der Waals surface area contributed by atoms with Crippen LogP contribution in [0, 0.1) is 13.8 Å². The van der Waals surface area contributed by atoms with Gasteiger partial charge >= 0.3 is 0 Å². The summed E-state index contributed by atoms with van der Waals surface area (Å²) in [5.41, 5.74) is 3.75. The third kappa shape index (κ3) is 3.46. The number of benzene rings is 2. The average Bonchev–Trinajstić information content (AvgIpc) is 2.34. The van der Waals surface area contributed by atoms with Gasteiger partial charge in [-0.1, -0.05) is 51.8 Å². The van der Waals surface area contributed by atoms with E-state index in [1.165, 1.54) is 16.7 Å². The fraction of sp³-hybridized carbons (Fsp3) is 0.294. The van der Waals surface area contributed by atoms with Gasteiger partial charge in [0.1, 0.15) is 0 Å². The first-order valence-corrected chi connectivity index (χ1v) is 7.22. The van der Waals surface area contributed by atoms with Crippen molar-refractivity contribution in [3.63, 3.8) is 0 Å². The maximum Gasteiger partial charge on any atom is 0.0908 e. The van der Waals surface area contributed by atoms with E-state index in [1.807, 2.05) is 31.2 Å². The predicted octanol–water partition coefficient (Wildman–Crippen LogP) is 4.52.